The van der Waals surface area contributed by atoms with Crippen LogP contribution in [0.1, 0.15) is 30.5 Å². The van der Waals surface area contributed by atoms with Gasteiger partial charge in [0.2, 0.25) is 0 Å². The lowest BCUT2D eigenvalue weighted by atomic mass is 9.85. The molecule has 1 aliphatic rings. The van der Waals surface area contributed by atoms with Gasteiger partial charge < -0.3 is 9.47 Å². The lowest BCUT2D eigenvalue weighted by Crippen LogP contribution is -2.32. The predicted octanol–water partition coefficient (Wildman–Crippen LogP) is 4.18. The number of hydrogen-bond acceptors (Lipinski definition) is 5. The molecule has 2 aromatic rings. The third-order valence-corrected chi connectivity index (χ3v) is 4.94. The van der Waals surface area contributed by atoms with Crippen LogP contribution in [0, 0.1) is 11.3 Å². The van der Waals surface area contributed by atoms with Crippen molar-refractivity contribution in [1.29, 1.82) is 5.26 Å². The Bertz CT molecular complexity index is 858. The third kappa shape index (κ3) is 3.30. The van der Waals surface area contributed by atoms with Crippen molar-refractivity contribution in [1.82, 2.24) is 0 Å². The number of benzene rings is 2. The summed E-state index contributed by atoms with van der Waals surface area (Å²) >= 11 is 4.77. The van der Waals surface area contributed by atoms with Crippen molar-refractivity contribution in [3.05, 3.63) is 59.2 Å². The number of aliphatic imine (C=N–C) groups is 1. The molecule has 1 heterocycles. The highest BCUT2D eigenvalue weighted by molar-refractivity contribution is 7.82. The van der Waals surface area contributed by atoms with Gasteiger partial charge in [-0.15, -0.1) is 12.6 Å². The van der Waals surface area contributed by atoms with Crippen LogP contribution in [0.25, 0.3) is 0 Å². The first-order chi connectivity index (χ1) is 12.6. The van der Waals surface area contributed by atoms with Gasteiger partial charge in [-0.2, -0.15) is 5.26 Å². The van der Waals surface area contributed by atoms with Crippen molar-refractivity contribution in [3.63, 3.8) is 0 Å². The summed E-state index contributed by atoms with van der Waals surface area (Å²) in [5, 5.41) is 9.96. The zero-order valence-corrected chi connectivity index (χ0v) is 15.9. The number of ether oxygens (including phenoxy) is 2. The molecule has 0 radical (unpaired) electrons. The number of nitriles is 1. The minimum atomic E-state index is -1.12. The van der Waals surface area contributed by atoms with Crippen molar-refractivity contribution in [2.45, 2.75) is 25.0 Å². The van der Waals surface area contributed by atoms with Crippen LogP contribution in [0.2, 0.25) is 0 Å². The SMILES string of the molecule is CCOc1cc2c(cc1OCC)C(C(S)(C#N)c1ccccc1)=NCC2. The molecule has 0 amide bonds. The number of fused-ring (bicyclic) bond motifs is 1. The Morgan fingerprint density at radius 1 is 1.12 bits per heavy atom. The smallest absolute Gasteiger partial charge is 0.167 e. The number of hydrogen-bond donors (Lipinski definition) is 1. The normalized spacial score (nSPS) is 15.2. The molecule has 0 fully saturated rings. The van der Waals surface area contributed by atoms with Crippen molar-refractivity contribution in [3.8, 4) is 17.6 Å². The van der Waals surface area contributed by atoms with E-state index in [0.717, 1.165) is 28.9 Å². The van der Waals surface area contributed by atoms with Gasteiger partial charge in [-0.25, -0.2) is 0 Å². The third-order valence-electron chi connectivity index (χ3n) is 4.37. The van der Waals surface area contributed by atoms with Crippen molar-refractivity contribution >= 4 is 18.3 Å². The monoisotopic (exact) mass is 366 g/mol. The standard InChI is InChI=1S/C21H22N2O2S/c1-3-24-18-12-15-10-11-23-20(17(15)13-19(18)25-4-2)21(26,14-22)16-8-6-5-7-9-16/h5-9,12-13,26H,3-4,10-11H2,1-2H3. The highest BCUT2D eigenvalue weighted by Gasteiger charge is 2.37. The molecule has 26 heavy (non-hydrogen) atoms. The predicted molar refractivity (Wildman–Crippen MR) is 107 cm³/mol. The van der Waals surface area contributed by atoms with Gasteiger partial charge in [-0.05, 0) is 43.5 Å². The van der Waals surface area contributed by atoms with E-state index >= 15 is 0 Å². The Hall–Kier alpha value is -2.45. The second-order valence-corrected chi connectivity index (χ2v) is 6.66. The van der Waals surface area contributed by atoms with Crippen molar-refractivity contribution < 1.29 is 9.47 Å². The second kappa shape index (κ2) is 7.84. The summed E-state index contributed by atoms with van der Waals surface area (Å²) in [5.74, 6) is 1.40. The molecule has 0 saturated carbocycles. The van der Waals surface area contributed by atoms with Gasteiger partial charge in [0.15, 0.2) is 16.2 Å². The minimum Gasteiger partial charge on any atom is -0.490 e. The Morgan fingerprint density at radius 3 is 2.38 bits per heavy atom. The van der Waals surface area contributed by atoms with Crippen LogP contribution in [0.4, 0.5) is 0 Å². The zero-order chi connectivity index (χ0) is 18.6. The molecule has 0 aliphatic carbocycles. The van der Waals surface area contributed by atoms with E-state index < -0.39 is 4.75 Å². The van der Waals surface area contributed by atoms with Crippen LogP contribution in [-0.2, 0) is 11.2 Å². The van der Waals surface area contributed by atoms with E-state index in [9.17, 15) is 5.26 Å². The number of nitrogens with zero attached hydrogens (tertiary/aromatic N) is 2. The van der Waals surface area contributed by atoms with Crippen LogP contribution in [0.3, 0.4) is 0 Å². The van der Waals surface area contributed by atoms with Gasteiger partial charge >= 0.3 is 0 Å². The van der Waals surface area contributed by atoms with E-state index in [1.54, 1.807) is 0 Å². The number of thiol groups is 1. The molecular formula is C21H22N2O2S. The molecule has 0 aromatic heterocycles. The summed E-state index contributed by atoms with van der Waals surface area (Å²) in [4.78, 5) is 4.69. The summed E-state index contributed by atoms with van der Waals surface area (Å²) in [6.07, 6.45) is 0.801. The van der Waals surface area contributed by atoms with Crippen LogP contribution in [-0.4, -0.2) is 25.5 Å². The summed E-state index contributed by atoms with van der Waals surface area (Å²) in [7, 11) is 0. The highest BCUT2D eigenvalue weighted by atomic mass is 32.1. The highest BCUT2D eigenvalue weighted by Crippen LogP contribution is 2.39. The Balaban J connectivity index is 2.14. The average molecular weight is 366 g/mol. The van der Waals surface area contributed by atoms with Crippen LogP contribution < -0.4 is 9.47 Å². The second-order valence-electron chi connectivity index (χ2n) is 5.99. The van der Waals surface area contributed by atoms with E-state index in [1.807, 2.05) is 56.3 Å². The molecule has 3 rings (SSSR count). The first-order valence-corrected chi connectivity index (χ1v) is 9.25. The van der Waals surface area contributed by atoms with Gasteiger partial charge in [0.05, 0.1) is 25.0 Å². The maximum absolute atomic E-state index is 9.96. The molecule has 0 bridgehead atoms. The maximum Gasteiger partial charge on any atom is 0.167 e. The van der Waals surface area contributed by atoms with Gasteiger partial charge in [-0.3, -0.25) is 4.99 Å². The first kappa shape index (κ1) is 18.3. The molecule has 4 nitrogen and oxygen atoms in total. The van der Waals surface area contributed by atoms with E-state index in [2.05, 4.69) is 11.1 Å². The summed E-state index contributed by atoms with van der Waals surface area (Å²) < 4.78 is 10.4. The van der Waals surface area contributed by atoms with Crippen LogP contribution in [0.5, 0.6) is 11.5 Å². The summed E-state index contributed by atoms with van der Waals surface area (Å²) in [6.45, 7) is 5.61. The minimum absolute atomic E-state index is 0.536. The van der Waals surface area contributed by atoms with Gasteiger partial charge in [0.25, 0.3) is 0 Å². The van der Waals surface area contributed by atoms with E-state index in [0.29, 0.717) is 31.2 Å². The van der Waals surface area contributed by atoms with Gasteiger partial charge in [-0.1, -0.05) is 30.3 Å². The fraction of sp³-hybridized carbons (Fsp3) is 0.333. The number of rotatable bonds is 6. The Labute approximate surface area is 159 Å². The zero-order valence-electron chi connectivity index (χ0n) is 15.0. The Kier molecular flexibility index (Phi) is 5.53. The quantitative estimate of drug-likeness (QED) is 0.781. The van der Waals surface area contributed by atoms with Crippen LogP contribution in [0.15, 0.2) is 47.5 Å². The van der Waals surface area contributed by atoms with E-state index in [4.69, 9.17) is 22.1 Å². The first-order valence-electron chi connectivity index (χ1n) is 8.81. The lowest BCUT2D eigenvalue weighted by molar-refractivity contribution is 0.287. The van der Waals surface area contributed by atoms with Gasteiger partial charge in [0, 0.05) is 12.1 Å². The van der Waals surface area contributed by atoms with E-state index in [-0.39, 0.29) is 0 Å². The molecule has 134 valence electrons. The lowest BCUT2D eigenvalue weighted by Gasteiger charge is -2.28. The molecule has 1 unspecified atom stereocenters. The van der Waals surface area contributed by atoms with E-state index in [1.165, 1.54) is 0 Å². The largest absolute Gasteiger partial charge is 0.490 e. The molecular weight excluding hydrogens is 344 g/mol. The summed E-state index contributed by atoms with van der Waals surface area (Å²) in [5.41, 5.74) is 3.49. The fourth-order valence-corrected chi connectivity index (χ4v) is 3.52. The topological polar surface area (TPSA) is 54.6 Å². The van der Waals surface area contributed by atoms with Crippen molar-refractivity contribution in [2.24, 2.45) is 4.99 Å². The molecule has 0 spiro atoms. The summed E-state index contributed by atoms with van der Waals surface area (Å²) in [6, 6.07) is 15.9. The maximum atomic E-state index is 9.96. The average Bonchev–Trinajstić information content (AvgIpc) is 2.68. The Morgan fingerprint density at radius 2 is 1.77 bits per heavy atom. The van der Waals surface area contributed by atoms with Gasteiger partial charge in [0.1, 0.15) is 0 Å². The molecule has 5 heteroatoms. The molecule has 1 atom stereocenters. The van der Waals surface area contributed by atoms with Crippen molar-refractivity contribution in [2.75, 3.05) is 19.8 Å². The molecule has 2 aromatic carbocycles. The van der Waals surface area contributed by atoms with Crippen LogP contribution >= 0.6 is 12.6 Å². The molecule has 0 N–H and O–H groups in total. The molecule has 1 aliphatic heterocycles. The molecule has 0 saturated heterocycles. The fourth-order valence-electron chi connectivity index (χ4n) is 3.18.